The third-order valence-electron chi connectivity index (χ3n) is 7.09. The summed E-state index contributed by atoms with van der Waals surface area (Å²) in [6.07, 6.45) is 10.2. The summed E-state index contributed by atoms with van der Waals surface area (Å²) in [5.74, 6) is 1.96. The van der Waals surface area contributed by atoms with Gasteiger partial charge < -0.3 is 14.5 Å². The Kier molecular flexibility index (Phi) is 6.40. The number of ether oxygens (including phenoxy) is 1. The maximum atomic E-state index is 12.9. The van der Waals surface area contributed by atoms with Gasteiger partial charge in [-0.25, -0.2) is 9.97 Å². The molecule has 1 fully saturated rings. The number of hydrogen-bond acceptors (Lipinski definition) is 6. The number of rotatable bonds is 6. The highest BCUT2D eigenvalue weighted by molar-refractivity contribution is 6.02. The molecule has 0 saturated carbocycles. The van der Waals surface area contributed by atoms with E-state index in [-0.39, 0.29) is 17.6 Å². The molecule has 2 aromatic rings. The van der Waals surface area contributed by atoms with Crippen molar-refractivity contribution in [2.75, 3.05) is 37.7 Å². The molecule has 2 aromatic heterocycles. The SMILES string of the molecule is CCOCCC1Cc2cc(N3CCCc4cc(C(=O)N5CCCCC5)cnc43)ncc2C1=O. The second kappa shape index (κ2) is 9.59. The van der Waals surface area contributed by atoms with Crippen molar-refractivity contribution >= 4 is 23.3 Å². The predicted molar refractivity (Wildman–Crippen MR) is 126 cm³/mol. The van der Waals surface area contributed by atoms with Gasteiger partial charge in [0.25, 0.3) is 5.91 Å². The molecule has 1 saturated heterocycles. The van der Waals surface area contributed by atoms with Crippen LogP contribution in [0.1, 0.15) is 70.9 Å². The maximum Gasteiger partial charge on any atom is 0.255 e. The van der Waals surface area contributed by atoms with Crippen LogP contribution in [0.25, 0.3) is 0 Å². The summed E-state index contributed by atoms with van der Waals surface area (Å²) < 4.78 is 5.45. The number of pyridine rings is 2. The van der Waals surface area contributed by atoms with Crippen LogP contribution in [0, 0.1) is 5.92 Å². The number of aromatic nitrogens is 2. The van der Waals surface area contributed by atoms with Crippen molar-refractivity contribution in [2.24, 2.45) is 5.92 Å². The molecule has 7 heteroatoms. The van der Waals surface area contributed by atoms with Crippen LogP contribution in [0.3, 0.4) is 0 Å². The number of piperidine rings is 1. The Morgan fingerprint density at radius 1 is 1.06 bits per heavy atom. The normalized spacial score (nSPS) is 20.0. The molecular weight excluding hydrogens is 416 g/mol. The molecule has 1 unspecified atom stereocenters. The highest BCUT2D eigenvalue weighted by Gasteiger charge is 2.32. The summed E-state index contributed by atoms with van der Waals surface area (Å²) >= 11 is 0. The zero-order valence-electron chi connectivity index (χ0n) is 19.4. The van der Waals surface area contributed by atoms with Crippen molar-refractivity contribution in [2.45, 2.75) is 51.9 Å². The average molecular weight is 449 g/mol. The molecule has 0 radical (unpaired) electrons. The van der Waals surface area contributed by atoms with Gasteiger partial charge in [-0.2, -0.15) is 0 Å². The molecule has 1 aliphatic carbocycles. The van der Waals surface area contributed by atoms with Crippen LogP contribution in [0.2, 0.25) is 0 Å². The molecule has 0 aromatic carbocycles. The minimum absolute atomic E-state index is 0.0151. The second-order valence-electron chi connectivity index (χ2n) is 9.27. The first-order valence-electron chi connectivity index (χ1n) is 12.3. The molecule has 2 aliphatic heterocycles. The molecule has 0 spiro atoms. The van der Waals surface area contributed by atoms with E-state index in [9.17, 15) is 9.59 Å². The van der Waals surface area contributed by atoms with Crippen molar-refractivity contribution in [1.82, 2.24) is 14.9 Å². The number of hydrogen-bond donors (Lipinski definition) is 0. The molecule has 5 rings (SSSR count). The monoisotopic (exact) mass is 448 g/mol. The summed E-state index contributed by atoms with van der Waals surface area (Å²) in [6.45, 7) is 5.76. The number of carbonyl (C=O) groups is 2. The molecule has 0 bridgehead atoms. The Hall–Kier alpha value is -2.80. The molecule has 174 valence electrons. The van der Waals surface area contributed by atoms with E-state index >= 15 is 0 Å². The molecule has 1 atom stereocenters. The van der Waals surface area contributed by atoms with E-state index in [1.54, 1.807) is 12.4 Å². The van der Waals surface area contributed by atoms with Gasteiger partial charge in [0.1, 0.15) is 11.6 Å². The van der Waals surface area contributed by atoms with Crippen molar-refractivity contribution < 1.29 is 14.3 Å². The van der Waals surface area contributed by atoms with Gasteiger partial charge >= 0.3 is 0 Å². The fourth-order valence-electron chi connectivity index (χ4n) is 5.29. The lowest BCUT2D eigenvalue weighted by Crippen LogP contribution is -2.36. The Morgan fingerprint density at radius 2 is 1.91 bits per heavy atom. The standard InChI is InChI=1S/C26H32N4O3/c1-2-33-12-8-18-13-20-15-23(27-17-22(20)24(18)31)30-11-6-7-19-14-21(16-28-25(19)30)26(32)29-9-4-3-5-10-29/h14-18H,2-13H2,1H3. The maximum absolute atomic E-state index is 12.9. The summed E-state index contributed by atoms with van der Waals surface area (Å²) in [7, 11) is 0. The zero-order valence-corrected chi connectivity index (χ0v) is 19.4. The molecule has 1 amide bonds. The van der Waals surface area contributed by atoms with Gasteiger partial charge in [0.15, 0.2) is 5.78 Å². The van der Waals surface area contributed by atoms with Crippen molar-refractivity contribution in [1.29, 1.82) is 0 Å². The quantitative estimate of drug-likeness (QED) is 0.623. The number of carbonyl (C=O) groups excluding carboxylic acids is 2. The van der Waals surface area contributed by atoms with Crippen LogP contribution < -0.4 is 4.90 Å². The van der Waals surface area contributed by atoms with Gasteiger partial charge in [0, 0.05) is 56.7 Å². The fraction of sp³-hybridized carbons (Fsp3) is 0.538. The molecule has 7 nitrogen and oxygen atoms in total. The minimum atomic E-state index is -0.0151. The Morgan fingerprint density at radius 3 is 2.73 bits per heavy atom. The Balaban J connectivity index is 1.35. The van der Waals surface area contributed by atoms with E-state index in [0.29, 0.717) is 18.8 Å². The minimum Gasteiger partial charge on any atom is -0.382 e. The Labute approximate surface area is 195 Å². The number of amides is 1. The van der Waals surface area contributed by atoms with Crippen LogP contribution in [0.15, 0.2) is 24.5 Å². The van der Waals surface area contributed by atoms with E-state index in [0.717, 1.165) is 86.5 Å². The summed E-state index contributed by atoms with van der Waals surface area (Å²) in [5.41, 5.74) is 3.59. The predicted octanol–water partition coefficient (Wildman–Crippen LogP) is 3.97. The molecule has 3 aliphatic rings. The number of anilines is 2. The number of nitrogens with zero attached hydrogens (tertiary/aromatic N) is 4. The number of ketones is 1. The lowest BCUT2D eigenvalue weighted by atomic mass is 10.0. The highest BCUT2D eigenvalue weighted by atomic mass is 16.5. The smallest absolute Gasteiger partial charge is 0.255 e. The number of likely N-dealkylation sites (tertiary alicyclic amines) is 1. The van der Waals surface area contributed by atoms with E-state index < -0.39 is 0 Å². The fourth-order valence-corrected chi connectivity index (χ4v) is 5.29. The van der Waals surface area contributed by atoms with Gasteiger partial charge in [0.2, 0.25) is 0 Å². The number of fused-ring (bicyclic) bond motifs is 2. The van der Waals surface area contributed by atoms with E-state index in [4.69, 9.17) is 9.72 Å². The first-order chi connectivity index (χ1) is 16.2. The lowest BCUT2D eigenvalue weighted by Gasteiger charge is -2.30. The second-order valence-corrected chi connectivity index (χ2v) is 9.27. The summed E-state index contributed by atoms with van der Waals surface area (Å²) in [4.78, 5) is 39.1. The van der Waals surface area contributed by atoms with Gasteiger partial charge in [-0.15, -0.1) is 0 Å². The topological polar surface area (TPSA) is 75.6 Å². The van der Waals surface area contributed by atoms with Gasteiger partial charge in [-0.05, 0) is 75.1 Å². The van der Waals surface area contributed by atoms with Crippen LogP contribution >= 0.6 is 0 Å². The molecule has 0 N–H and O–H groups in total. The van der Waals surface area contributed by atoms with Crippen molar-refractivity contribution in [3.05, 3.63) is 46.8 Å². The van der Waals surface area contributed by atoms with Crippen LogP contribution in [0.5, 0.6) is 0 Å². The van der Waals surface area contributed by atoms with Crippen molar-refractivity contribution in [3.63, 3.8) is 0 Å². The lowest BCUT2D eigenvalue weighted by molar-refractivity contribution is 0.0723. The van der Waals surface area contributed by atoms with Crippen molar-refractivity contribution in [3.8, 4) is 0 Å². The van der Waals surface area contributed by atoms with Crippen LogP contribution in [0.4, 0.5) is 11.6 Å². The highest BCUT2D eigenvalue weighted by Crippen LogP contribution is 2.35. The zero-order chi connectivity index (χ0) is 22.8. The summed E-state index contributed by atoms with van der Waals surface area (Å²) in [5, 5.41) is 0. The molecular formula is C26H32N4O3. The average Bonchev–Trinajstić information content (AvgIpc) is 3.18. The third-order valence-corrected chi connectivity index (χ3v) is 7.09. The van der Waals surface area contributed by atoms with Crippen LogP contribution in [-0.4, -0.2) is 59.4 Å². The summed E-state index contributed by atoms with van der Waals surface area (Å²) in [6, 6.07) is 4.07. The van der Waals surface area contributed by atoms with E-state index in [1.165, 1.54) is 6.42 Å². The Bertz CT molecular complexity index is 1050. The largest absolute Gasteiger partial charge is 0.382 e. The first-order valence-corrected chi connectivity index (χ1v) is 12.3. The van der Waals surface area contributed by atoms with E-state index in [1.807, 2.05) is 17.9 Å². The molecule has 4 heterocycles. The number of Topliss-reactive ketones (excluding diaryl/α,β-unsaturated/α-hetero) is 1. The number of aryl methyl sites for hydroxylation is 1. The van der Waals surface area contributed by atoms with E-state index in [2.05, 4.69) is 16.0 Å². The van der Waals surface area contributed by atoms with Gasteiger partial charge in [-0.1, -0.05) is 0 Å². The van der Waals surface area contributed by atoms with Gasteiger partial charge in [0.05, 0.1) is 5.56 Å². The van der Waals surface area contributed by atoms with Gasteiger partial charge in [-0.3, -0.25) is 9.59 Å². The first kappa shape index (κ1) is 22.0. The molecule has 33 heavy (non-hydrogen) atoms. The van der Waals surface area contributed by atoms with Crippen LogP contribution in [-0.2, 0) is 17.6 Å². The third kappa shape index (κ3) is 4.38.